The van der Waals surface area contributed by atoms with Crippen LogP contribution in [-0.4, -0.2) is 32.0 Å². The third-order valence-electron chi connectivity index (χ3n) is 1.69. The molecule has 0 amide bonds. The van der Waals surface area contributed by atoms with E-state index < -0.39 is 0 Å². The third-order valence-corrected chi connectivity index (χ3v) is 1.90. The van der Waals surface area contributed by atoms with Crippen LogP contribution in [0.4, 0.5) is 5.82 Å². The van der Waals surface area contributed by atoms with Gasteiger partial charge in [-0.1, -0.05) is 17.7 Å². The molecule has 0 radical (unpaired) electrons. The topological polar surface area (TPSA) is 43.4 Å². The second-order valence-corrected chi connectivity index (χ2v) is 3.01. The number of nitrogens with one attached hydrogen (secondary N) is 1. The zero-order valence-corrected chi connectivity index (χ0v) is 8.91. The van der Waals surface area contributed by atoms with Gasteiger partial charge in [-0.05, 0) is 12.1 Å². The predicted octanol–water partition coefficient (Wildman–Crippen LogP) is 1.77. The Morgan fingerprint density at radius 2 is 2.14 bits per heavy atom. The lowest BCUT2D eigenvalue weighted by Crippen LogP contribution is -2.23. The Kier molecular flexibility index (Phi) is 4.65. The molecule has 1 aromatic rings. The zero-order valence-electron chi connectivity index (χ0n) is 8.16. The molecular formula is C9H13ClN2O2. The number of nitrogens with zero attached hydrogens (tertiary/aromatic N) is 1. The molecule has 0 spiro atoms. The van der Waals surface area contributed by atoms with Gasteiger partial charge in [0, 0.05) is 14.2 Å². The van der Waals surface area contributed by atoms with Gasteiger partial charge < -0.3 is 14.8 Å². The number of rotatable bonds is 5. The van der Waals surface area contributed by atoms with Crippen molar-refractivity contribution in [2.75, 3.05) is 26.1 Å². The van der Waals surface area contributed by atoms with Gasteiger partial charge in [-0.15, -0.1) is 0 Å². The Morgan fingerprint density at radius 3 is 2.71 bits per heavy atom. The number of hydrogen-bond acceptors (Lipinski definition) is 4. The minimum Gasteiger partial charge on any atom is -0.365 e. The summed E-state index contributed by atoms with van der Waals surface area (Å²) in [5, 5.41) is 3.50. The van der Waals surface area contributed by atoms with Crippen molar-refractivity contribution in [2.24, 2.45) is 0 Å². The summed E-state index contributed by atoms with van der Waals surface area (Å²) < 4.78 is 10.0. The summed E-state index contributed by atoms with van der Waals surface area (Å²) in [5.41, 5.74) is 0. The molecule has 0 aliphatic carbocycles. The number of aromatic nitrogens is 1. The molecular weight excluding hydrogens is 204 g/mol. The SMILES string of the molecule is COC(CNc1cccc(Cl)n1)OC. The summed E-state index contributed by atoms with van der Waals surface area (Å²) in [6.07, 6.45) is -0.282. The van der Waals surface area contributed by atoms with Crippen LogP contribution in [0, 0.1) is 0 Å². The van der Waals surface area contributed by atoms with Crippen molar-refractivity contribution in [3.63, 3.8) is 0 Å². The van der Waals surface area contributed by atoms with Crippen molar-refractivity contribution in [1.29, 1.82) is 0 Å². The molecule has 14 heavy (non-hydrogen) atoms. The van der Waals surface area contributed by atoms with Crippen LogP contribution < -0.4 is 5.32 Å². The Morgan fingerprint density at radius 1 is 1.43 bits per heavy atom. The fourth-order valence-electron chi connectivity index (χ4n) is 0.958. The first-order valence-corrected chi connectivity index (χ1v) is 4.56. The average Bonchev–Trinajstić information content (AvgIpc) is 2.19. The van der Waals surface area contributed by atoms with Crippen molar-refractivity contribution >= 4 is 17.4 Å². The van der Waals surface area contributed by atoms with Crippen LogP contribution in [0.5, 0.6) is 0 Å². The van der Waals surface area contributed by atoms with Crippen LogP contribution in [0.15, 0.2) is 18.2 Å². The van der Waals surface area contributed by atoms with Gasteiger partial charge >= 0.3 is 0 Å². The summed E-state index contributed by atoms with van der Waals surface area (Å²) in [7, 11) is 3.17. The molecule has 0 aliphatic rings. The molecule has 0 unspecified atom stereocenters. The fraction of sp³-hybridized carbons (Fsp3) is 0.444. The highest BCUT2D eigenvalue weighted by Crippen LogP contribution is 2.09. The predicted molar refractivity (Wildman–Crippen MR) is 55.5 cm³/mol. The van der Waals surface area contributed by atoms with E-state index in [1.165, 1.54) is 0 Å². The molecule has 0 aromatic carbocycles. The van der Waals surface area contributed by atoms with Crippen molar-refractivity contribution in [3.8, 4) is 0 Å². The maximum absolute atomic E-state index is 5.71. The minimum absolute atomic E-state index is 0.282. The van der Waals surface area contributed by atoms with E-state index in [1.807, 2.05) is 12.1 Å². The first kappa shape index (κ1) is 11.2. The Balaban J connectivity index is 2.44. The zero-order chi connectivity index (χ0) is 10.4. The lowest BCUT2D eigenvalue weighted by Gasteiger charge is -2.14. The second kappa shape index (κ2) is 5.80. The number of hydrogen-bond donors (Lipinski definition) is 1. The average molecular weight is 217 g/mol. The maximum atomic E-state index is 5.71. The minimum atomic E-state index is -0.282. The Bertz CT molecular complexity index is 279. The van der Waals surface area contributed by atoms with Gasteiger partial charge in [0.25, 0.3) is 0 Å². The number of ether oxygens (including phenoxy) is 2. The van der Waals surface area contributed by atoms with E-state index in [4.69, 9.17) is 21.1 Å². The molecule has 0 aliphatic heterocycles. The first-order chi connectivity index (χ1) is 6.76. The molecule has 0 atom stereocenters. The quantitative estimate of drug-likeness (QED) is 0.602. The lowest BCUT2D eigenvalue weighted by atomic mass is 10.4. The molecule has 0 saturated carbocycles. The van der Waals surface area contributed by atoms with Crippen LogP contribution in [0.25, 0.3) is 0 Å². The fourth-order valence-corrected chi connectivity index (χ4v) is 1.12. The molecule has 1 aromatic heterocycles. The van der Waals surface area contributed by atoms with E-state index in [1.54, 1.807) is 20.3 Å². The first-order valence-electron chi connectivity index (χ1n) is 4.18. The van der Waals surface area contributed by atoms with Crippen LogP contribution in [0.2, 0.25) is 5.15 Å². The standard InChI is InChI=1S/C9H13ClN2O2/c1-13-9(14-2)6-11-8-5-3-4-7(10)12-8/h3-5,9H,6H2,1-2H3,(H,11,12). The van der Waals surface area contributed by atoms with E-state index in [2.05, 4.69) is 10.3 Å². The van der Waals surface area contributed by atoms with Gasteiger partial charge in [-0.3, -0.25) is 0 Å². The highest BCUT2D eigenvalue weighted by Gasteiger charge is 2.04. The van der Waals surface area contributed by atoms with Gasteiger partial charge in [-0.2, -0.15) is 0 Å². The molecule has 1 rings (SSSR count). The number of anilines is 1. The summed E-state index contributed by atoms with van der Waals surface area (Å²) in [4.78, 5) is 4.06. The van der Waals surface area contributed by atoms with Crippen molar-refractivity contribution in [3.05, 3.63) is 23.4 Å². The second-order valence-electron chi connectivity index (χ2n) is 2.63. The normalized spacial score (nSPS) is 10.6. The highest BCUT2D eigenvalue weighted by atomic mass is 35.5. The third kappa shape index (κ3) is 3.49. The van der Waals surface area contributed by atoms with Crippen LogP contribution in [0.3, 0.4) is 0 Å². The van der Waals surface area contributed by atoms with E-state index in [-0.39, 0.29) is 6.29 Å². The summed E-state index contributed by atoms with van der Waals surface area (Å²) in [5.74, 6) is 0.705. The van der Waals surface area contributed by atoms with Gasteiger partial charge in [-0.25, -0.2) is 4.98 Å². The van der Waals surface area contributed by atoms with E-state index in [9.17, 15) is 0 Å². The molecule has 78 valence electrons. The monoisotopic (exact) mass is 216 g/mol. The number of methoxy groups -OCH3 is 2. The van der Waals surface area contributed by atoms with Gasteiger partial charge in [0.2, 0.25) is 0 Å². The number of halogens is 1. The molecule has 0 fully saturated rings. The maximum Gasteiger partial charge on any atom is 0.173 e. The van der Waals surface area contributed by atoms with E-state index in [0.717, 1.165) is 0 Å². The number of pyridine rings is 1. The Hall–Kier alpha value is -0.840. The molecule has 0 bridgehead atoms. The van der Waals surface area contributed by atoms with Crippen LogP contribution in [-0.2, 0) is 9.47 Å². The van der Waals surface area contributed by atoms with E-state index >= 15 is 0 Å². The van der Waals surface area contributed by atoms with E-state index in [0.29, 0.717) is 17.5 Å². The van der Waals surface area contributed by atoms with Crippen molar-refractivity contribution in [2.45, 2.75) is 6.29 Å². The van der Waals surface area contributed by atoms with Crippen LogP contribution >= 0.6 is 11.6 Å². The summed E-state index contributed by atoms with van der Waals surface area (Å²) in [6.45, 7) is 0.528. The largest absolute Gasteiger partial charge is 0.365 e. The van der Waals surface area contributed by atoms with Gasteiger partial charge in [0.05, 0.1) is 6.54 Å². The van der Waals surface area contributed by atoms with Gasteiger partial charge in [0.1, 0.15) is 11.0 Å². The smallest absolute Gasteiger partial charge is 0.173 e. The Labute approximate surface area is 88.2 Å². The molecule has 4 nitrogen and oxygen atoms in total. The summed E-state index contributed by atoms with van der Waals surface area (Å²) >= 11 is 5.71. The highest BCUT2D eigenvalue weighted by molar-refractivity contribution is 6.29. The molecule has 1 heterocycles. The van der Waals surface area contributed by atoms with Crippen molar-refractivity contribution in [1.82, 2.24) is 4.98 Å². The van der Waals surface area contributed by atoms with Crippen LogP contribution in [0.1, 0.15) is 0 Å². The van der Waals surface area contributed by atoms with Crippen molar-refractivity contribution < 1.29 is 9.47 Å². The molecule has 0 saturated heterocycles. The summed E-state index contributed by atoms with van der Waals surface area (Å²) in [6, 6.07) is 5.37. The lowest BCUT2D eigenvalue weighted by molar-refractivity contribution is -0.0914. The molecule has 5 heteroatoms. The molecule has 1 N–H and O–H groups in total. The van der Waals surface area contributed by atoms with Gasteiger partial charge in [0.15, 0.2) is 6.29 Å².